The Hall–Kier alpha value is -0.970. The van der Waals surface area contributed by atoms with Crippen LogP contribution >= 0.6 is 27.5 Å². The highest BCUT2D eigenvalue weighted by Gasteiger charge is 2.19. The van der Waals surface area contributed by atoms with Crippen molar-refractivity contribution in [3.63, 3.8) is 0 Å². The van der Waals surface area contributed by atoms with Crippen LogP contribution < -0.4 is 0 Å². The molecule has 2 aromatic rings. The third-order valence-corrected chi connectivity index (χ3v) is 4.13. The van der Waals surface area contributed by atoms with Gasteiger partial charge in [-0.1, -0.05) is 29.8 Å². The smallest absolute Gasteiger partial charge is 0.149 e. The maximum absolute atomic E-state index is 14.0. The van der Waals surface area contributed by atoms with E-state index in [-0.39, 0.29) is 16.1 Å². The molecule has 0 aliphatic heterocycles. The van der Waals surface area contributed by atoms with E-state index in [2.05, 4.69) is 15.9 Å². The minimum Gasteiger partial charge on any atom is -0.384 e. The van der Waals surface area contributed by atoms with E-state index in [1.807, 2.05) is 0 Å². The van der Waals surface area contributed by atoms with E-state index in [1.54, 1.807) is 13.0 Å². The van der Waals surface area contributed by atoms with Gasteiger partial charge in [0.1, 0.15) is 17.7 Å². The fraction of sp³-hybridized carbons (Fsp3) is 0.143. The minimum absolute atomic E-state index is 0.0106. The standard InChI is InChI=1S/C14H10BrClF2O/c1-7-2-3-8(6-11(7)17)14(19)9-4-5-10(15)12(16)13(9)18/h2-6,14,19H,1H3. The van der Waals surface area contributed by atoms with E-state index in [0.717, 1.165) is 0 Å². The maximum Gasteiger partial charge on any atom is 0.149 e. The van der Waals surface area contributed by atoms with Crippen LogP contribution in [0.1, 0.15) is 22.8 Å². The van der Waals surface area contributed by atoms with E-state index < -0.39 is 17.7 Å². The summed E-state index contributed by atoms with van der Waals surface area (Å²) in [7, 11) is 0. The Balaban J connectivity index is 2.47. The second-order valence-electron chi connectivity index (χ2n) is 4.18. The van der Waals surface area contributed by atoms with Crippen molar-refractivity contribution in [2.45, 2.75) is 13.0 Å². The quantitative estimate of drug-likeness (QED) is 0.776. The molecule has 0 saturated heterocycles. The number of aliphatic hydroxyl groups is 1. The van der Waals surface area contributed by atoms with Gasteiger partial charge in [0.25, 0.3) is 0 Å². The van der Waals surface area contributed by atoms with Gasteiger partial charge in [0.05, 0.1) is 5.02 Å². The number of benzene rings is 2. The molecule has 0 fully saturated rings. The zero-order valence-electron chi connectivity index (χ0n) is 9.92. The molecule has 19 heavy (non-hydrogen) atoms. The molecule has 2 aromatic carbocycles. The summed E-state index contributed by atoms with van der Waals surface area (Å²) in [5.41, 5.74) is 0.752. The first-order valence-electron chi connectivity index (χ1n) is 5.49. The molecule has 0 saturated carbocycles. The number of aryl methyl sites for hydroxylation is 1. The van der Waals surface area contributed by atoms with E-state index in [4.69, 9.17) is 11.6 Å². The topological polar surface area (TPSA) is 20.2 Å². The summed E-state index contributed by atoms with van der Waals surface area (Å²) < 4.78 is 27.8. The molecule has 2 rings (SSSR count). The van der Waals surface area contributed by atoms with Crippen molar-refractivity contribution in [3.05, 3.63) is 68.2 Å². The summed E-state index contributed by atoms with van der Waals surface area (Å²) in [5.74, 6) is -1.16. The van der Waals surface area contributed by atoms with Crippen LogP contribution in [0, 0.1) is 18.6 Å². The Kier molecular flexibility index (Phi) is 4.23. The second kappa shape index (κ2) is 5.57. The van der Waals surface area contributed by atoms with Crippen LogP contribution in [-0.4, -0.2) is 5.11 Å². The van der Waals surface area contributed by atoms with Crippen molar-refractivity contribution in [1.29, 1.82) is 0 Å². The highest BCUT2D eigenvalue weighted by atomic mass is 79.9. The molecule has 1 atom stereocenters. The summed E-state index contributed by atoms with van der Waals surface area (Å²) >= 11 is 8.86. The normalized spacial score (nSPS) is 12.5. The molecule has 100 valence electrons. The second-order valence-corrected chi connectivity index (χ2v) is 5.41. The zero-order valence-corrected chi connectivity index (χ0v) is 12.3. The molecule has 5 heteroatoms. The molecule has 0 aromatic heterocycles. The Morgan fingerprint density at radius 2 is 1.89 bits per heavy atom. The van der Waals surface area contributed by atoms with Crippen LogP contribution in [0.4, 0.5) is 8.78 Å². The lowest BCUT2D eigenvalue weighted by Crippen LogP contribution is -2.04. The van der Waals surface area contributed by atoms with Gasteiger partial charge in [0, 0.05) is 10.0 Å². The van der Waals surface area contributed by atoms with Gasteiger partial charge in [0.15, 0.2) is 0 Å². The zero-order chi connectivity index (χ0) is 14.2. The summed E-state index contributed by atoms with van der Waals surface area (Å²) in [6, 6.07) is 7.22. The molecule has 0 heterocycles. The lowest BCUT2D eigenvalue weighted by molar-refractivity contribution is 0.214. The molecule has 1 N–H and O–H groups in total. The first-order chi connectivity index (χ1) is 8.91. The first-order valence-corrected chi connectivity index (χ1v) is 6.66. The van der Waals surface area contributed by atoms with E-state index in [9.17, 15) is 13.9 Å². The highest BCUT2D eigenvalue weighted by Crippen LogP contribution is 2.33. The van der Waals surface area contributed by atoms with Gasteiger partial charge in [0.2, 0.25) is 0 Å². The van der Waals surface area contributed by atoms with Crippen LogP contribution in [-0.2, 0) is 0 Å². The van der Waals surface area contributed by atoms with Crippen molar-refractivity contribution >= 4 is 27.5 Å². The molecule has 1 unspecified atom stereocenters. The third-order valence-electron chi connectivity index (χ3n) is 2.87. The monoisotopic (exact) mass is 346 g/mol. The van der Waals surface area contributed by atoms with E-state index >= 15 is 0 Å². The maximum atomic E-state index is 14.0. The Labute approximate surface area is 123 Å². The summed E-state index contributed by atoms with van der Waals surface area (Å²) in [5, 5.41) is 10.0. The van der Waals surface area contributed by atoms with Gasteiger partial charge < -0.3 is 5.11 Å². The highest BCUT2D eigenvalue weighted by molar-refractivity contribution is 9.10. The predicted octanol–water partition coefficient (Wildman–Crippen LogP) is 4.77. The van der Waals surface area contributed by atoms with Gasteiger partial charge in [-0.25, -0.2) is 8.78 Å². The molecule has 0 aliphatic carbocycles. The lowest BCUT2D eigenvalue weighted by atomic mass is 10.00. The number of hydrogen-bond acceptors (Lipinski definition) is 1. The van der Waals surface area contributed by atoms with E-state index in [0.29, 0.717) is 10.0 Å². The van der Waals surface area contributed by atoms with Crippen molar-refractivity contribution in [2.75, 3.05) is 0 Å². The number of aliphatic hydroxyl groups excluding tert-OH is 1. The van der Waals surface area contributed by atoms with Crippen LogP contribution in [0.5, 0.6) is 0 Å². The Morgan fingerprint density at radius 3 is 2.53 bits per heavy atom. The van der Waals surface area contributed by atoms with Crippen LogP contribution in [0.25, 0.3) is 0 Å². The van der Waals surface area contributed by atoms with E-state index in [1.165, 1.54) is 24.3 Å². The first kappa shape index (κ1) is 14.4. The molecule has 0 amide bonds. The van der Waals surface area contributed by atoms with Gasteiger partial charge in [-0.3, -0.25) is 0 Å². The van der Waals surface area contributed by atoms with Gasteiger partial charge >= 0.3 is 0 Å². The van der Waals surface area contributed by atoms with Crippen LogP contribution in [0.3, 0.4) is 0 Å². The molecular formula is C14H10BrClF2O. The number of hydrogen-bond donors (Lipinski definition) is 1. The van der Waals surface area contributed by atoms with Crippen LogP contribution in [0.15, 0.2) is 34.8 Å². The van der Waals surface area contributed by atoms with Crippen LogP contribution in [0.2, 0.25) is 5.02 Å². The van der Waals surface area contributed by atoms with Crippen molar-refractivity contribution in [2.24, 2.45) is 0 Å². The molecule has 0 aliphatic rings. The lowest BCUT2D eigenvalue weighted by Gasteiger charge is -2.14. The largest absolute Gasteiger partial charge is 0.384 e. The summed E-state index contributed by atoms with van der Waals surface area (Å²) in [6.07, 6.45) is -1.26. The van der Waals surface area contributed by atoms with Crippen molar-refractivity contribution in [3.8, 4) is 0 Å². The van der Waals surface area contributed by atoms with Crippen molar-refractivity contribution in [1.82, 2.24) is 0 Å². The summed E-state index contributed by atoms with van der Waals surface area (Å²) in [6.45, 7) is 1.61. The third kappa shape index (κ3) is 2.81. The van der Waals surface area contributed by atoms with Gasteiger partial charge in [-0.05, 0) is 46.1 Å². The summed E-state index contributed by atoms with van der Waals surface area (Å²) in [4.78, 5) is 0. The van der Waals surface area contributed by atoms with Crippen molar-refractivity contribution < 1.29 is 13.9 Å². The SMILES string of the molecule is Cc1ccc(C(O)c2ccc(Br)c(Cl)c2F)cc1F. The fourth-order valence-electron chi connectivity index (χ4n) is 1.71. The average Bonchev–Trinajstić information content (AvgIpc) is 2.39. The Bertz CT molecular complexity index is 631. The Morgan fingerprint density at radius 1 is 1.21 bits per heavy atom. The average molecular weight is 348 g/mol. The molecule has 0 spiro atoms. The predicted molar refractivity (Wildman–Crippen MR) is 74.3 cm³/mol. The fourth-order valence-corrected chi connectivity index (χ4v) is 2.19. The molecule has 0 bridgehead atoms. The number of rotatable bonds is 2. The van der Waals surface area contributed by atoms with Gasteiger partial charge in [-0.2, -0.15) is 0 Å². The molecule has 0 radical (unpaired) electrons. The van der Waals surface area contributed by atoms with Gasteiger partial charge in [-0.15, -0.1) is 0 Å². The molecule has 1 nitrogen and oxygen atoms in total. The molecular weight excluding hydrogens is 338 g/mol. The minimum atomic E-state index is -1.26. The number of halogens is 4.